The van der Waals surface area contributed by atoms with E-state index in [0.717, 1.165) is 12.8 Å². The molecule has 1 rings (SSSR count). The van der Waals surface area contributed by atoms with Gasteiger partial charge in [0, 0.05) is 12.3 Å². The van der Waals surface area contributed by atoms with Crippen molar-refractivity contribution >= 4 is 18.0 Å². The predicted molar refractivity (Wildman–Crippen MR) is 44.2 cm³/mol. The largest absolute Gasteiger partial charge is 0.481 e. The molecule has 0 aromatic carbocycles. The van der Waals surface area contributed by atoms with Crippen molar-refractivity contribution in [3.05, 3.63) is 0 Å². The van der Waals surface area contributed by atoms with Crippen molar-refractivity contribution in [1.29, 1.82) is 0 Å². The van der Waals surface area contributed by atoms with Crippen LogP contribution in [0.3, 0.4) is 0 Å². The van der Waals surface area contributed by atoms with Gasteiger partial charge in [-0.15, -0.1) is 0 Å². The summed E-state index contributed by atoms with van der Waals surface area (Å²) in [6, 6.07) is 0. The summed E-state index contributed by atoms with van der Waals surface area (Å²) in [5, 5.41) is 8.66. The topological polar surface area (TPSA) is 71.4 Å². The number of carboxylic acids is 1. The zero-order valence-electron chi connectivity index (χ0n) is 7.23. The van der Waals surface area contributed by atoms with Gasteiger partial charge in [0.25, 0.3) is 0 Å². The van der Waals surface area contributed by atoms with Gasteiger partial charge in [-0.05, 0) is 12.8 Å². The summed E-state index contributed by atoms with van der Waals surface area (Å²) in [7, 11) is 0. The van der Waals surface area contributed by atoms with Crippen LogP contribution in [-0.2, 0) is 14.4 Å². The van der Waals surface area contributed by atoms with Crippen LogP contribution in [0.4, 0.5) is 0 Å². The molecule has 0 heterocycles. The van der Waals surface area contributed by atoms with E-state index >= 15 is 0 Å². The van der Waals surface area contributed by atoms with Crippen LogP contribution < -0.4 is 0 Å². The van der Waals surface area contributed by atoms with E-state index in [9.17, 15) is 14.4 Å². The van der Waals surface area contributed by atoms with Crippen LogP contribution >= 0.6 is 0 Å². The Hall–Kier alpha value is -1.19. The minimum Gasteiger partial charge on any atom is -0.481 e. The summed E-state index contributed by atoms with van der Waals surface area (Å²) in [4.78, 5) is 32.3. The Kier molecular flexibility index (Phi) is 3.17. The number of carbonyl (C=O) groups is 3. The molecule has 4 nitrogen and oxygen atoms in total. The number of hydrogen-bond acceptors (Lipinski definition) is 3. The van der Waals surface area contributed by atoms with Crippen LogP contribution in [0.25, 0.3) is 0 Å². The Balaban J connectivity index is 2.71. The molecule has 1 aliphatic rings. The number of ketones is 1. The lowest BCUT2D eigenvalue weighted by atomic mass is 9.80. The summed E-state index contributed by atoms with van der Waals surface area (Å²) >= 11 is 0. The normalized spacial score (nSPS) is 25.2. The second-order valence-electron chi connectivity index (χ2n) is 3.32. The lowest BCUT2D eigenvalue weighted by molar-refractivity contribution is -0.149. The summed E-state index contributed by atoms with van der Waals surface area (Å²) in [6.07, 6.45) is 2.99. The van der Waals surface area contributed by atoms with Crippen LogP contribution in [0.5, 0.6) is 0 Å². The summed E-state index contributed by atoms with van der Waals surface area (Å²) in [5.41, 5.74) is 0. The first-order valence-electron chi connectivity index (χ1n) is 4.37. The van der Waals surface area contributed by atoms with Crippen LogP contribution in [-0.4, -0.2) is 23.1 Å². The van der Waals surface area contributed by atoms with E-state index in [0.29, 0.717) is 19.1 Å². The third-order valence-corrected chi connectivity index (χ3v) is 2.47. The molecule has 1 N–H and O–H groups in total. The van der Waals surface area contributed by atoms with Crippen molar-refractivity contribution in [1.82, 2.24) is 0 Å². The van der Waals surface area contributed by atoms with Crippen molar-refractivity contribution in [2.75, 3.05) is 0 Å². The third-order valence-electron chi connectivity index (χ3n) is 2.47. The quantitative estimate of drug-likeness (QED) is 0.516. The first-order chi connectivity index (χ1) is 6.16. The van der Waals surface area contributed by atoms with E-state index in [-0.39, 0.29) is 5.78 Å². The maximum absolute atomic E-state index is 11.3. The van der Waals surface area contributed by atoms with Crippen molar-refractivity contribution in [3.63, 3.8) is 0 Å². The highest BCUT2D eigenvalue weighted by Gasteiger charge is 2.34. The standard InChI is InChI=1S/C9H12O4/c10-5-7(9(12)13)6-3-1-2-4-8(6)11/h5-7H,1-4H2,(H,12,13). The fourth-order valence-corrected chi connectivity index (χ4v) is 1.71. The fourth-order valence-electron chi connectivity index (χ4n) is 1.71. The van der Waals surface area contributed by atoms with Gasteiger partial charge in [0.1, 0.15) is 18.0 Å². The number of Topliss-reactive ketones (excluding diaryl/α,β-unsaturated/α-hetero) is 1. The van der Waals surface area contributed by atoms with Gasteiger partial charge in [-0.25, -0.2) is 0 Å². The maximum Gasteiger partial charge on any atom is 0.314 e. The molecule has 13 heavy (non-hydrogen) atoms. The Bertz CT molecular complexity index is 234. The maximum atomic E-state index is 11.3. The van der Waals surface area contributed by atoms with Gasteiger partial charge in [-0.2, -0.15) is 0 Å². The molecule has 0 bridgehead atoms. The molecule has 1 saturated carbocycles. The summed E-state index contributed by atoms with van der Waals surface area (Å²) < 4.78 is 0. The molecule has 4 heteroatoms. The van der Waals surface area contributed by atoms with Crippen molar-refractivity contribution in [3.8, 4) is 0 Å². The van der Waals surface area contributed by atoms with Gasteiger partial charge >= 0.3 is 5.97 Å². The summed E-state index contributed by atoms with van der Waals surface area (Å²) in [5.74, 6) is -2.97. The van der Waals surface area contributed by atoms with Crippen LogP contribution in [0.2, 0.25) is 0 Å². The second-order valence-corrected chi connectivity index (χ2v) is 3.32. The van der Waals surface area contributed by atoms with E-state index in [2.05, 4.69) is 0 Å². The fraction of sp³-hybridized carbons (Fsp3) is 0.667. The van der Waals surface area contributed by atoms with Crippen molar-refractivity contribution < 1.29 is 19.5 Å². The lowest BCUT2D eigenvalue weighted by Crippen LogP contribution is -2.33. The van der Waals surface area contributed by atoms with E-state index in [1.54, 1.807) is 0 Å². The smallest absolute Gasteiger partial charge is 0.314 e. The molecule has 0 spiro atoms. The average molecular weight is 184 g/mol. The molecule has 0 amide bonds. The molecule has 72 valence electrons. The molecular formula is C9H12O4. The molecule has 0 saturated heterocycles. The second kappa shape index (κ2) is 4.16. The van der Waals surface area contributed by atoms with Gasteiger partial charge < -0.3 is 9.90 Å². The van der Waals surface area contributed by atoms with Gasteiger partial charge in [0.05, 0.1) is 0 Å². The lowest BCUT2D eigenvalue weighted by Gasteiger charge is -2.22. The van der Waals surface area contributed by atoms with Crippen molar-refractivity contribution in [2.24, 2.45) is 11.8 Å². The van der Waals surface area contributed by atoms with Gasteiger partial charge in [-0.1, -0.05) is 6.42 Å². The van der Waals surface area contributed by atoms with Gasteiger partial charge in [0.2, 0.25) is 0 Å². The number of rotatable bonds is 3. The Morgan fingerprint density at radius 2 is 2.23 bits per heavy atom. The first kappa shape index (κ1) is 9.89. The minimum absolute atomic E-state index is 0.0780. The molecular weight excluding hydrogens is 172 g/mol. The van der Waals surface area contributed by atoms with Crippen molar-refractivity contribution in [2.45, 2.75) is 25.7 Å². The van der Waals surface area contributed by atoms with Crippen LogP contribution in [0, 0.1) is 11.8 Å². The number of hydrogen-bond donors (Lipinski definition) is 1. The Labute approximate surface area is 75.9 Å². The van der Waals surface area contributed by atoms with Crippen LogP contribution in [0.1, 0.15) is 25.7 Å². The molecule has 0 aliphatic heterocycles. The molecule has 2 unspecified atom stereocenters. The van der Waals surface area contributed by atoms with E-state index < -0.39 is 17.8 Å². The van der Waals surface area contributed by atoms with Gasteiger partial charge in [0.15, 0.2) is 0 Å². The number of aliphatic carboxylic acids is 1. The first-order valence-corrected chi connectivity index (χ1v) is 4.37. The number of carbonyl (C=O) groups excluding carboxylic acids is 2. The average Bonchev–Trinajstić information content (AvgIpc) is 2.09. The predicted octanol–water partition coefficient (Wildman–Crippen LogP) is 0.645. The molecule has 2 atom stereocenters. The Morgan fingerprint density at radius 1 is 1.54 bits per heavy atom. The highest BCUT2D eigenvalue weighted by molar-refractivity contribution is 5.94. The SMILES string of the molecule is O=CC(C(=O)O)C1CCCCC1=O. The molecule has 0 radical (unpaired) electrons. The van der Waals surface area contributed by atoms with Gasteiger partial charge in [-0.3, -0.25) is 9.59 Å². The van der Waals surface area contributed by atoms with Crippen LogP contribution in [0.15, 0.2) is 0 Å². The zero-order chi connectivity index (χ0) is 9.84. The minimum atomic E-state index is -1.18. The zero-order valence-corrected chi connectivity index (χ0v) is 7.23. The highest BCUT2D eigenvalue weighted by atomic mass is 16.4. The molecule has 0 aromatic rings. The highest BCUT2D eigenvalue weighted by Crippen LogP contribution is 2.26. The van der Waals surface area contributed by atoms with E-state index in [1.165, 1.54) is 0 Å². The number of carboxylic acid groups (broad SMARTS) is 1. The van der Waals surface area contributed by atoms with E-state index in [4.69, 9.17) is 5.11 Å². The molecule has 1 fully saturated rings. The summed E-state index contributed by atoms with van der Waals surface area (Å²) in [6.45, 7) is 0. The molecule has 0 aromatic heterocycles. The Morgan fingerprint density at radius 3 is 2.69 bits per heavy atom. The van der Waals surface area contributed by atoms with E-state index in [1.807, 2.05) is 0 Å². The third kappa shape index (κ3) is 2.14. The monoisotopic (exact) mass is 184 g/mol. The molecule has 1 aliphatic carbocycles. The number of aldehydes is 1.